The molecule has 33 heavy (non-hydrogen) atoms. The number of carbonyl (C=O) groups excluding carboxylic acids is 2. The van der Waals surface area contributed by atoms with E-state index in [1.165, 1.54) is 6.08 Å². The average Bonchev–Trinajstić information content (AvgIpc) is 2.81. The Morgan fingerprint density at radius 3 is 2.36 bits per heavy atom. The van der Waals surface area contributed by atoms with Gasteiger partial charge in [-0.15, -0.1) is 0 Å². The zero-order valence-corrected chi connectivity index (χ0v) is 18.8. The lowest BCUT2D eigenvalue weighted by Crippen LogP contribution is -2.13. The monoisotopic (exact) mass is 460 g/mol. The van der Waals surface area contributed by atoms with E-state index in [0.717, 1.165) is 5.56 Å². The summed E-state index contributed by atoms with van der Waals surface area (Å²) < 4.78 is 11.1. The van der Waals surface area contributed by atoms with Gasteiger partial charge in [-0.1, -0.05) is 35.4 Å². The average molecular weight is 461 g/mol. The molecule has 0 fully saturated rings. The fourth-order valence-electron chi connectivity index (χ4n) is 2.86. The molecular weight excluding hydrogens is 440 g/mol. The standard InChI is InChI=1S/C26H21ClN2O4/c1-3-32-24-15-18(6-13-23(24)33-26(31)19-7-9-21(27)10-8-19)14-20(16-28)25(30)29-22-11-4-17(2)5-12-22/h4-15H,3H2,1-2H3,(H,29,30)/b20-14+. The number of hydrogen-bond donors (Lipinski definition) is 1. The van der Waals surface area contributed by atoms with Crippen molar-refractivity contribution in [2.75, 3.05) is 11.9 Å². The lowest BCUT2D eigenvalue weighted by atomic mass is 10.1. The van der Waals surface area contributed by atoms with Crippen LogP contribution in [0, 0.1) is 18.3 Å². The minimum absolute atomic E-state index is 0.0797. The maximum absolute atomic E-state index is 12.5. The van der Waals surface area contributed by atoms with E-state index in [1.54, 1.807) is 61.5 Å². The number of rotatable bonds is 7. The van der Waals surface area contributed by atoms with Gasteiger partial charge in [0.1, 0.15) is 11.6 Å². The van der Waals surface area contributed by atoms with Crippen LogP contribution in [-0.4, -0.2) is 18.5 Å². The predicted molar refractivity (Wildman–Crippen MR) is 127 cm³/mol. The second-order valence-electron chi connectivity index (χ2n) is 7.03. The zero-order chi connectivity index (χ0) is 23.8. The third-order valence-corrected chi connectivity index (χ3v) is 4.79. The number of hydrogen-bond acceptors (Lipinski definition) is 5. The highest BCUT2D eigenvalue weighted by Gasteiger charge is 2.15. The van der Waals surface area contributed by atoms with Gasteiger partial charge in [0.25, 0.3) is 5.91 Å². The van der Waals surface area contributed by atoms with Crippen LogP contribution in [0.25, 0.3) is 6.08 Å². The highest BCUT2D eigenvalue weighted by Crippen LogP contribution is 2.30. The van der Waals surface area contributed by atoms with Crippen LogP contribution >= 0.6 is 11.6 Å². The molecule has 166 valence electrons. The van der Waals surface area contributed by atoms with Crippen LogP contribution in [0.2, 0.25) is 5.02 Å². The maximum Gasteiger partial charge on any atom is 0.343 e. The number of benzene rings is 3. The normalized spacial score (nSPS) is 10.8. The largest absolute Gasteiger partial charge is 0.490 e. The highest BCUT2D eigenvalue weighted by atomic mass is 35.5. The zero-order valence-electron chi connectivity index (χ0n) is 18.1. The summed E-state index contributed by atoms with van der Waals surface area (Å²) in [6.07, 6.45) is 1.44. The van der Waals surface area contributed by atoms with Crippen molar-refractivity contribution in [1.29, 1.82) is 5.26 Å². The summed E-state index contributed by atoms with van der Waals surface area (Å²) in [7, 11) is 0. The predicted octanol–water partition coefficient (Wildman–Crippen LogP) is 5.81. The summed E-state index contributed by atoms with van der Waals surface area (Å²) in [5.41, 5.74) is 2.45. The van der Waals surface area contributed by atoms with Crippen molar-refractivity contribution < 1.29 is 19.1 Å². The Labute approximate surface area is 197 Å². The Kier molecular flexibility index (Phi) is 7.85. The molecule has 0 aliphatic rings. The molecule has 6 nitrogen and oxygen atoms in total. The molecule has 0 aliphatic heterocycles. The molecule has 1 amide bonds. The van der Waals surface area contributed by atoms with Gasteiger partial charge < -0.3 is 14.8 Å². The Balaban J connectivity index is 1.81. The number of esters is 1. The molecule has 0 aromatic heterocycles. The number of amides is 1. The Bertz CT molecular complexity index is 1230. The number of ether oxygens (including phenoxy) is 2. The Hall–Kier alpha value is -4.08. The molecule has 0 aliphatic carbocycles. The van der Waals surface area contributed by atoms with Crippen LogP contribution in [0.1, 0.15) is 28.4 Å². The van der Waals surface area contributed by atoms with E-state index >= 15 is 0 Å². The first-order valence-electron chi connectivity index (χ1n) is 10.1. The van der Waals surface area contributed by atoms with E-state index in [9.17, 15) is 14.9 Å². The topological polar surface area (TPSA) is 88.4 Å². The first-order valence-corrected chi connectivity index (χ1v) is 10.5. The van der Waals surface area contributed by atoms with Gasteiger partial charge in [-0.2, -0.15) is 5.26 Å². The fraction of sp³-hybridized carbons (Fsp3) is 0.115. The number of carbonyl (C=O) groups is 2. The minimum Gasteiger partial charge on any atom is -0.490 e. The number of nitriles is 1. The molecule has 3 aromatic carbocycles. The summed E-state index contributed by atoms with van der Waals surface area (Å²) in [4.78, 5) is 25.0. The first kappa shape index (κ1) is 23.6. The van der Waals surface area contributed by atoms with Crippen LogP contribution < -0.4 is 14.8 Å². The maximum atomic E-state index is 12.5. The van der Waals surface area contributed by atoms with Crippen molar-refractivity contribution in [3.63, 3.8) is 0 Å². The molecule has 0 heterocycles. The van der Waals surface area contributed by atoms with Crippen LogP contribution in [0.5, 0.6) is 11.5 Å². The van der Waals surface area contributed by atoms with Crippen LogP contribution in [0.3, 0.4) is 0 Å². The van der Waals surface area contributed by atoms with E-state index in [2.05, 4.69) is 5.32 Å². The van der Waals surface area contributed by atoms with Crippen molar-refractivity contribution in [1.82, 2.24) is 0 Å². The number of halogens is 1. The molecule has 1 N–H and O–H groups in total. The van der Waals surface area contributed by atoms with Gasteiger partial charge in [-0.05, 0) is 74.0 Å². The van der Waals surface area contributed by atoms with Gasteiger partial charge in [-0.25, -0.2) is 4.79 Å². The van der Waals surface area contributed by atoms with E-state index in [4.69, 9.17) is 21.1 Å². The third kappa shape index (κ3) is 6.45. The molecule has 0 spiro atoms. The molecular formula is C26H21ClN2O4. The first-order chi connectivity index (χ1) is 15.9. The summed E-state index contributed by atoms with van der Waals surface area (Å²) in [6.45, 7) is 4.07. The van der Waals surface area contributed by atoms with Gasteiger partial charge in [0, 0.05) is 10.7 Å². The smallest absolute Gasteiger partial charge is 0.343 e. The van der Waals surface area contributed by atoms with Crippen molar-refractivity contribution in [3.8, 4) is 17.6 Å². The molecule has 0 saturated heterocycles. The molecule has 0 saturated carbocycles. The van der Waals surface area contributed by atoms with Crippen molar-refractivity contribution in [2.45, 2.75) is 13.8 Å². The Morgan fingerprint density at radius 1 is 1.03 bits per heavy atom. The minimum atomic E-state index is -0.564. The lowest BCUT2D eigenvalue weighted by molar-refractivity contribution is -0.112. The van der Waals surface area contributed by atoms with E-state index in [1.807, 2.05) is 25.1 Å². The molecule has 0 atom stereocenters. The van der Waals surface area contributed by atoms with Crippen LogP contribution in [0.15, 0.2) is 72.3 Å². The molecule has 7 heteroatoms. The van der Waals surface area contributed by atoms with Gasteiger partial charge in [0.15, 0.2) is 11.5 Å². The van der Waals surface area contributed by atoms with Gasteiger partial charge >= 0.3 is 5.97 Å². The Morgan fingerprint density at radius 2 is 1.73 bits per heavy atom. The van der Waals surface area contributed by atoms with E-state index in [0.29, 0.717) is 34.2 Å². The number of anilines is 1. The van der Waals surface area contributed by atoms with E-state index < -0.39 is 11.9 Å². The molecule has 0 unspecified atom stereocenters. The second kappa shape index (κ2) is 11.0. The molecule has 0 bridgehead atoms. The fourth-order valence-corrected chi connectivity index (χ4v) is 2.99. The highest BCUT2D eigenvalue weighted by molar-refractivity contribution is 6.30. The van der Waals surface area contributed by atoms with Crippen LogP contribution in [-0.2, 0) is 4.79 Å². The van der Waals surface area contributed by atoms with Gasteiger partial charge in [0.2, 0.25) is 0 Å². The SMILES string of the molecule is CCOc1cc(/C=C(\C#N)C(=O)Nc2ccc(C)cc2)ccc1OC(=O)c1ccc(Cl)cc1. The second-order valence-corrected chi connectivity index (χ2v) is 7.46. The van der Waals surface area contributed by atoms with Gasteiger partial charge in [-0.3, -0.25) is 4.79 Å². The van der Waals surface area contributed by atoms with Crippen molar-refractivity contribution in [2.24, 2.45) is 0 Å². The number of nitrogens with zero attached hydrogens (tertiary/aromatic N) is 1. The third-order valence-electron chi connectivity index (χ3n) is 4.54. The lowest BCUT2D eigenvalue weighted by Gasteiger charge is -2.12. The molecule has 3 aromatic rings. The van der Waals surface area contributed by atoms with Crippen molar-refractivity contribution in [3.05, 3.63) is 94.0 Å². The van der Waals surface area contributed by atoms with Crippen molar-refractivity contribution >= 4 is 35.2 Å². The quantitative estimate of drug-likeness (QED) is 0.208. The molecule has 3 rings (SSSR count). The number of nitrogens with one attached hydrogen (secondary N) is 1. The van der Waals surface area contributed by atoms with Gasteiger partial charge in [0.05, 0.1) is 12.2 Å². The summed E-state index contributed by atoms with van der Waals surface area (Å²) in [6, 6.07) is 20.3. The summed E-state index contributed by atoms with van der Waals surface area (Å²) in [5, 5.41) is 12.7. The van der Waals surface area contributed by atoms with Crippen LogP contribution in [0.4, 0.5) is 5.69 Å². The number of aryl methyl sites for hydroxylation is 1. The summed E-state index contributed by atoms with van der Waals surface area (Å²) >= 11 is 5.86. The van der Waals surface area contributed by atoms with E-state index in [-0.39, 0.29) is 11.3 Å². The molecule has 0 radical (unpaired) electrons. The summed E-state index contributed by atoms with van der Waals surface area (Å²) in [5.74, 6) is -0.565.